The lowest BCUT2D eigenvalue weighted by Gasteiger charge is -2.30. The first-order valence-electron chi connectivity index (χ1n) is 20.2. The molecule has 12 aromatic rings. The predicted molar refractivity (Wildman–Crippen MR) is 249 cm³/mol. The van der Waals surface area contributed by atoms with Crippen LogP contribution in [0, 0.1) is 0 Å². The Morgan fingerprint density at radius 1 is 0.339 bits per heavy atom. The third-order valence-corrected chi connectivity index (χ3v) is 12.0. The number of nitrogens with zero attached hydrogens (tertiary/aromatic N) is 2. The highest BCUT2D eigenvalue weighted by Crippen LogP contribution is 2.48. The molecule has 276 valence electrons. The van der Waals surface area contributed by atoms with Gasteiger partial charge in [-0.05, 0) is 70.1 Å². The zero-order valence-corrected chi connectivity index (χ0v) is 32.1. The van der Waals surface area contributed by atoms with Crippen LogP contribution in [0.25, 0.3) is 93.2 Å². The van der Waals surface area contributed by atoms with Crippen LogP contribution in [0.4, 0.5) is 17.1 Å². The Balaban J connectivity index is 1.15. The number of hydrogen-bond acceptors (Lipinski definition) is 2. The minimum Gasteiger partial charge on any atom is -0.455 e. The van der Waals surface area contributed by atoms with Gasteiger partial charge in [0.15, 0.2) is 0 Å². The maximum Gasteiger partial charge on any atom is 0.143 e. The van der Waals surface area contributed by atoms with Gasteiger partial charge in [0, 0.05) is 49.5 Å². The fraction of sp³-hybridized carbons (Fsp3) is 0. The number of anilines is 3. The molecule has 0 spiro atoms. The van der Waals surface area contributed by atoms with Crippen LogP contribution in [0.3, 0.4) is 0 Å². The molecule has 0 aliphatic carbocycles. The van der Waals surface area contributed by atoms with Crippen molar-refractivity contribution in [2.24, 2.45) is 0 Å². The molecule has 2 aromatic heterocycles. The zero-order valence-electron chi connectivity index (χ0n) is 32.1. The van der Waals surface area contributed by atoms with Crippen LogP contribution in [0.5, 0.6) is 0 Å². The number of aromatic nitrogens is 1. The Hall–Kier alpha value is -7.88. The van der Waals surface area contributed by atoms with E-state index in [0.29, 0.717) is 0 Å². The van der Waals surface area contributed by atoms with Gasteiger partial charge in [0.25, 0.3) is 0 Å². The monoisotopic (exact) mass is 752 g/mol. The van der Waals surface area contributed by atoms with Gasteiger partial charge in [0.1, 0.15) is 11.2 Å². The highest BCUT2D eigenvalue weighted by molar-refractivity contribution is 6.13. The van der Waals surface area contributed by atoms with Gasteiger partial charge in [0.2, 0.25) is 0 Å². The second-order valence-electron chi connectivity index (χ2n) is 15.2. The molecule has 0 saturated heterocycles. The molecule has 0 unspecified atom stereocenters. The molecule has 0 fully saturated rings. The SMILES string of the molecule is c1ccc(N(c2ccc3ccc4ccccc4c3c2)c2ccccc2-c2cccc3c2oc2ccccc23)c(-c2ccccc2-n2c3ccccc3c3ccccc32)c1. The summed E-state index contributed by atoms with van der Waals surface area (Å²) in [5.41, 5.74) is 12.9. The summed E-state index contributed by atoms with van der Waals surface area (Å²) in [6.07, 6.45) is 0. The van der Waals surface area contributed by atoms with Gasteiger partial charge in [-0.3, -0.25) is 0 Å². The van der Waals surface area contributed by atoms with Crippen LogP contribution < -0.4 is 4.90 Å². The topological polar surface area (TPSA) is 21.3 Å². The molecular formula is C56H36N2O. The largest absolute Gasteiger partial charge is 0.455 e. The molecule has 0 atom stereocenters. The van der Waals surface area contributed by atoms with Crippen molar-refractivity contribution in [1.82, 2.24) is 4.57 Å². The second-order valence-corrected chi connectivity index (χ2v) is 15.2. The lowest BCUT2D eigenvalue weighted by molar-refractivity contribution is 0.670. The van der Waals surface area contributed by atoms with E-state index in [1.807, 2.05) is 6.07 Å². The lowest BCUT2D eigenvalue weighted by Crippen LogP contribution is -2.13. The van der Waals surface area contributed by atoms with E-state index >= 15 is 0 Å². The van der Waals surface area contributed by atoms with Gasteiger partial charge in [0.05, 0.1) is 28.1 Å². The van der Waals surface area contributed by atoms with E-state index < -0.39 is 0 Å². The molecule has 0 radical (unpaired) electrons. The number of furan rings is 1. The second kappa shape index (κ2) is 13.4. The van der Waals surface area contributed by atoms with E-state index in [-0.39, 0.29) is 0 Å². The van der Waals surface area contributed by atoms with Crippen molar-refractivity contribution in [2.75, 3.05) is 4.90 Å². The molecule has 0 bridgehead atoms. The van der Waals surface area contributed by atoms with E-state index in [2.05, 4.69) is 222 Å². The van der Waals surface area contributed by atoms with Crippen molar-refractivity contribution in [1.29, 1.82) is 0 Å². The van der Waals surface area contributed by atoms with E-state index in [9.17, 15) is 0 Å². The molecule has 0 aliphatic rings. The van der Waals surface area contributed by atoms with Crippen molar-refractivity contribution in [3.8, 4) is 27.9 Å². The Morgan fingerprint density at radius 3 is 1.59 bits per heavy atom. The van der Waals surface area contributed by atoms with Gasteiger partial charge in [-0.1, -0.05) is 170 Å². The molecule has 59 heavy (non-hydrogen) atoms. The van der Waals surface area contributed by atoms with Crippen molar-refractivity contribution in [3.63, 3.8) is 0 Å². The first-order valence-corrected chi connectivity index (χ1v) is 20.2. The third-order valence-electron chi connectivity index (χ3n) is 12.0. The van der Waals surface area contributed by atoms with E-state index in [0.717, 1.165) is 66.9 Å². The Bertz CT molecular complexity index is 3540. The lowest BCUT2D eigenvalue weighted by atomic mass is 9.96. The molecule has 3 heteroatoms. The summed E-state index contributed by atoms with van der Waals surface area (Å²) >= 11 is 0. The van der Waals surface area contributed by atoms with Crippen LogP contribution in [0.1, 0.15) is 0 Å². The number of rotatable bonds is 6. The molecule has 0 saturated carbocycles. The van der Waals surface area contributed by atoms with Crippen molar-refractivity contribution in [2.45, 2.75) is 0 Å². The van der Waals surface area contributed by atoms with Crippen LogP contribution in [-0.2, 0) is 0 Å². The first kappa shape index (κ1) is 33.3. The van der Waals surface area contributed by atoms with Crippen LogP contribution in [0.15, 0.2) is 223 Å². The molecule has 10 aromatic carbocycles. The molecular weight excluding hydrogens is 717 g/mol. The van der Waals surface area contributed by atoms with Crippen LogP contribution in [0.2, 0.25) is 0 Å². The minimum atomic E-state index is 0.885. The number of fused-ring (bicyclic) bond motifs is 9. The van der Waals surface area contributed by atoms with Crippen LogP contribution in [-0.4, -0.2) is 4.57 Å². The summed E-state index contributed by atoms with van der Waals surface area (Å²) in [6, 6.07) is 78.8. The van der Waals surface area contributed by atoms with Gasteiger partial charge < -0.3 is 13.9 Å². The fourth-order valence-electron chi connectivity index (χ4n) is 9.37. The molecule has 0 amide bonds. The summed E-state index contributed by atoms with van der Waals surface area (Å²) in [5.74, 6) is 0. The first-order chi connectivity index (χ1) is 29.3. The number of hydrogen-bond donors (Lipinski definition) is 0. The highest BCUT2D eigenvalue weighted by atomic mass is 16.3. The Labute approximate surface area is 341 Å². The normalized spacial score (nSPS) is 11.7. The maximum absolute atomic E-state index is 6.69. The molecule has 12 rings (SSSR count). The summed E-state index contributed by atoms with van der Waals surface area (Å²) in [7, 11) is 0. The number of para-hydroxylation sites is 7. The summed E-state index contributed by atoms with van der Waals surface area (Å²) in [5, 5.41) is 9.58. The van der Waals surface area contributed by atoms with Gasteiger partial charge in [-0.25, -0.2) is 0 Å². The predicted octanol–water partition coefficient (Wildman–Crippen LogP) is 15.8. The quantitative estimate of drug-likeness (QED) is 0.158. The summed E-state index contributed by atoms with van der Waals surface area (Å²) < 4.78 is 9.12. The smallest absolute Gasteiger partial charge is 0.143 e. The molecule has 0 aliphatic heterocycles. The molecule has 3 nitrogen and oxygen atoms in total. The average molecular weight is 753 g/mol. The fourth-order valence-corrected chi connectivity index (χ4v) is 9.37. The Morgan fingerprint density at radius 2 is 0.847 bits per heavy atom. The number of benzene rings is 10. The van der Waals surface area contributed by atoms with Gasteiger partial charge in [-0.2, -0.15) is 0 Å². The Kier molecular flexibility index (Phi) is 7.54. The molecule has 0 N–H and O–H groups in total. The average Bonchev–Trinajstić information content (AvgIpc) is 3.86. The maximum atomic E-state index is 6.69. The summed E-state index contributed by atoms with van der Waals surface area (Å²) in [4.78, 5) is 2.45. The summed E-state index contributed by atoms with van der Waals surface area (Å²) in [6.45, 7) is 0. The minimum absolute atomic E-state index is 0.885. The third kappa shape index (κ3) is 5.22. The van der Waals surface area contributed by atoms with E-state index in [4.69, 9.17) is 4.42 Å². The van der Waals surface area contributed by atoms with Gasteiger partial charge in [-0.15, -0.1) is 0 Å². The van der Waals surface area contributed by atoms with E-state index in [1.165, 1.54) is 43.4 Å². The van der Waals surface area contributed by atoms with Gasteiger partial charge >= 0.3 is 0 Å². The highest BCUT2D eigenvalue weighted by Gasteiger charge is 2.24. The van der Waals surface area contributed by atoms with Crippen LogP contribution >= 0.6 is 0 Å². The standard InChI is InChI=1S/C56H36N2O/c1-2-17-40-37(16-1)32-33-38-34-35-39(36-49(38)40)57(51-27-10-7-22-45(51)47-24-15-25-48-46-23-8-14-31-55(46)59-56(47)48)50-26-9-3-18-41(50)42-19-4-11-28-52(42)58-53-29-12-5-20-43(53)44-21-6-13-30-54(44)58/h1-36H. The van der Waals surface area contributed by atoms with E-state index in [1.54, 1.807) is 0 Å². The van der Waals surface area contributed by atoms with Crippen molar-refractivity contribution < 1.29 is 4.42 Å². The zero-order chi connectivity index (χ0) is 38.9. The molecule has 2 heterocycles. The van der Waals surface area contributed by atoms with Crippen molar-refractivity contribution >= 4 is 82.4 Å². The van der Waals surface area contributed by atoms with Crippen molar-refractivity contribution in [3.05, 3.63) is 218 Å².